The minimum absolute atomic E-state index is 0.227. The molecule has 1 aliphatic heterocycles. The molecular weight excluding hydrogens is 379 g/mol. The van der Waals surface area contributed by atoms with E-state index in [1.165, 1.54) is 12.1 Å². The number of carbonyl (C=O) groups excluding carboxylic acids is 1. The molecule has 0 aromatic heterocycles. The minimum atomic E-state index is -4.43. The van der Waals surface area contributed by atoms with Crippen molar-refractivity contribution < 1.29 is 27.4 Å². The van der Waals surface area contributed by atoms with E-state index in [0.29, 0.717) is 18.0 Å². The molecule has 1 heterocycles. The molecule has 2 aromatic carbocycles. The number of benzene rings is 2. The summed E-state index contributed by atoms with van der Waals surface area (Å²) >= 11 is 1.59. The van der Waals surface area contributed by atoms with Gasteiger partial charge in [-0.25, -0.2) is 0 Å². The van der Waals surface area contributed by atoms with Gasteiger partial charge in [-0.15, -0.1) is 11.8 Å². The molecule has 1 aliphatic rings. The van der Waals surface area contributed by atoms with E-state index >= 15 is 0 Å². The maximum atomic E-state index is 12.9. The lowest BCUT2D eigenvalue weighted by atomic mass is 10.1. The molecule has 1 fully saturated rings. The zero-order chi connectivity index (χ0) is 19.6. The van der Waals surface area contributed by atoms with E-state index in [2.05, 4.69) is 0 Å². The Morgan fingerprint density at radius 2 is 1.67 bits per heavy atom. The fourth-order valence-corrected chi connectivity index (χ4v) is 4.13. The van der Waals surface area contributed by atoms with Gasteiger partial charge in [0.1, 0.15) is 16.9 Å². The van der Waals surface area contributed by atoms with Crippen LogP contribution in [-0.4, -0.2) is 37.3 Å². The van der Waals surface area contributed by atoms with Gasteiger partial charge in [0.05, 0.1) is 19.8 Å². The second-order valence-electron chi connectivity index (χ2n) is 5.94. The van der Waals surface area contributed by atoms with Crippen LogP contribution in [0.2, 0.25) is 0 Å². The maximum absolute atomic E-state index is 12.9. The molecule has 1 atom stereocenters. The molecule has 0 unspecified atom stereocenters. The lowest BCUT2D eigenvalue weighted by Crippen LogP contribution is -2.30. The summed E-state index contributed by atoms with van der Waals surface area (Å²) in [6.07, 6.45) is -4.43. The maximum Gasteiger partial charge on any atom is 0.416 e. The highest BCUT2D eigenvalue weighted by Crippen LogP contribution is 2.41. The highest BCUT2D eigenvalue weighted by Gasteiger charge is 2.33. The quantitative estimate of drug-likeness (QED) is 0.755. The first kappa shape index (κ1) is 19.4. The molecule has 3 rings (SSSR count). The zero-order valence-electron chi connectivity index (χ0n) is 14.7. The Morgan fingerprint density at radius 3 is 2.19 bits per heavy atom. The van der Waals surface area contributed by atoms with E-state index in [1.807, 2.05) is 12.1 Å². The number of ether oxygens (including phenoxy) is 2. The molecule has 0 saturated carbocycles. The largest absolute Gasteiger partial charge is 0.497 e. The van der Waals surface area contributed by atoms with Gasteiger partial charge in [0.25, 0.3) is 5.91 Å². The van der Waals surface area contributed by atoms with Crippen LogP contribution in [0.5, 0.6) is 11.5 Å². The van der Waals surface area contributed by atoms with Crippen molar-refractivity contribution in [2.24, 2.45) is 0 Å². The minimum Gasteiger partial charge on any atom is -0.497 e. The number of hydrogen-bond donors (Lipinski definition) is 0. The van der Waals surface area contributed by atoms with E-state index in [1.54, 1.807) is 36.9 Å². The molecule has 0 N–H and O–H groups in total. The smallest absolute Gasteiger partial charge is 0.416 e. The van der Waals surface area contributed by atoms with Gasteiger partial charge in [0.15, 0.2) is 0 Å². The summed E-state index contributed by atoms with van der Waals surface area (Å²) in [7, 11) is 3.09. The Hall–Kier alpha value is -2.35. The van der Waals surface area contributed by atoms with Crippen molar-refractivity contribution in [3.05, 3.63) is 59.2 Å². The predicted octanol–water partition coefficient (Wildman–Crippen LogP) is 4.61. The van der Waals surface area contributed by atoms with Crippen molar-refractivity contribution in [1.82, 2.24) is 4.90 Å². The summed E-state index contributed by atoms with van der Waals surface area (Å²) in [5, 5.41) is -0.260. The van der Waals surface area contributed by atoms with E-state index in [0.717, 1.165) is 23.4 Å². The Balaban J connectivity index is 1.87. The first-order chi connectivity index (χ1) is 12.8. The lowest BCUT2D eigenvalue weighted by Gasteiger charge is -2.25. The van der Waals surface area contributed by atoms with E-state index < -0.39 is 11.7 Å². The number of hydrogen-bond acceptors (Lipinski definition) is 4. The summed E-state index contributed by atoms with van der Waals surface area (Å²) in [5.41, 5.74) is 0.295. The van der Waals surface area contributed by atoms with Crippen molar-refractivity contribution in [3.8, 4) is 11.5 Å². The summed E-state index contributed by atoms with van der Waals surface area (Å²) < 4.78 is 48.7. The van der Waals surface area contributed by atoms with Crippen LogP contribution in [0.15, 0.2) is 42.5 Å². The predicted molar refractivity (Wildman–Crippen MR) is 97.2 cm³/mol. The lowest BCUT2D eigenvalue weighted by molar-refractivity contribution is -0.137. The molecule has 0 spiro atoms. The van der Waals surface area contributed by atoms with E-state index in [9.17, 15) is 18.0 Å². The average molecular weight is 397 g/mol. The highest BCUT2D eigenvalue weighted by molar-refractivity contribution is 7.99. The van der Waals surface area contributed by atoms with Crippen LogP contribution in [0.25, 0.3) is 0 Å². The molecule has 8 heteroatoms. The van der Waals surface area contributed by atoms with Crippen molar-refractivity contribution in [2.45, 2.75) is 11.6 Å². The van der Waals surface area contributed by atoms with Crippen molar-refractivity contribution >= 4 is 17.7 Å². The normalized spacial score (nSPS) is 17.1. The van der Waals surface area contributed by atoms with Crippen molar-refractivity contribution in [3.63, 3.8) is 0 Å². The Labute approximate surface area is 159 Å². The summed E-state index contributed by atoms with van der Waals surface area (Å²) in [4.78, 5) is 14.5. The first-order valence-electron chi connectivity index (χ1n) is 8.16. The number of amides is 1. The van der Waals surface area contributed by atoms with Crippen LogP contribution in [-0.2, 0) is 6.18 Å². The van der Waals surface area contributed by atoms with E-state index in [-0.39, 0.29) is 16.8 Å². The zero-order valence-corrected chi connectivity index (χ0v) is 15.6. The summed E-state index contributed by atoms with van der Waals surface area (Å²) in [5.74, 6) is 1.65. The molecular formula is C19H18F3NO3S. The molecule has 1 saturated heterocycles. The molecule has 1 amide bonds. The molecule has 2 aromatic rings. The van der Waals surface area contributed by atoms with Crippen LogP contribution in [0.1, 0.15) is 26.9 Å². The third-order valence-corrected chi connectivity index (χ3v) is 5.53. The fourth-order valence-electron chi connectivity index (χ4n) is 2.89. The Morgan fingerprint density at radius 1 is 1.07 bits per heavy atom. The summed E-state index contributed by atoms with van der Waals surface area (Å²) in [6.45, 7) is 0.509. The van der Waals surface area contributed by atoms with Crippen LogP contribution in [0.4, 0.5) is 13.2 Å². The third kappa shape index (κ3) is 4.16. The molecule has 0 radical (unpaired) electrons. The van der Waals surface area contributed by atoms with Gasteiger partial charge in [-0.05, 0) is 42.0 Å². The molecule has 27 heavy (non-hydrogen) atoms. The van der Waals surface area contributed by atoms with Crippen LogP contribution in [0, 0.1) is 0 Å². The molecule has 0 bridgehead atoms. The number of methoxy groups -OCH3 is 2. The van der Waals surface area contributed by atoms with Gasteiger partial charge >= 0.3 is 6.18 Å². The second kappa shape index (κ2) is 7.72. The van der Waals surface area contributed by atoms with Gasteiger partial charge in [-0.2, -0.15) is 13.2 Å². The van der Waals surface area contributed by atoms with E-state index in [4.69, 9.17) is 9.47 Å². The second-order valence-corrected chi connectivity index (χ2v) is 7.13. The third-order valence-electron chi connectivity index (χ3n) is 4.27. The SMILES string of the molecule is COc1cc(OC)cc([C@@H]2SCCN2C(=O)c2ccc(C(F)(F)F)cc2)c1. The number of halogens is 3. The van der Waals surface area contributed by atoms with Crippen LogP contribution in [0.3, 0.4) is 0 Å². The van der Waals surface area contributed by atoms with Gasteiger partial charge in [-0.3, -0.25) is 4.79 Å². The summed E-state index contributed by atoms with van der Waals surface area (Å²) in [6, 6.07) is 9.71. The number of thioether (sulfide) groups is 1. The monoisotopic (exact) mass is 397 g/mol. The Kier molecular flexibility index (Phi) is 5.55. The highest BCUT2D eigenvalue weighted by atomic mass is 32.2. The Bertz CT molecular complexity index is 802. The van der Waals surface area contributed by atoms with Crippen LogP contribution >= 0.6 is 11.8 Å². The topological polar surface area (TPSA) is 38.8 Å². The van der Waals surface area contributed by atoms with Crippen molar-refractivity contribution in [2.75, 3.05) is 26.5 Å². The first-order valence-corrected chi connectivity index (χ1v) is 9.21. The fraction of sp³-hybridized carbons (Fsp3) is 0.316. The van der Waals surface area contributed by atoms with Gasteiger partial charge < -0.3 is 14.4 Å². The van der Waals surface area contributed by atoms with Crippen molar-refractivity contribution in [1.29, 1.82) is 0 Å². The van der Waals surface area contributed by atoms with Crippen LogP contribution < -0.4 is 9.47 Å². The van der Waals surface area contributed by atoms with Gasteiger partial charge in [-0.1, -0.05) is 0 Å². The average Bonchev–Trinajstić information content (AvgIpc) is 3.16. The molecule has 4 nitrogen and oxygen atoms in total. The number of nitrogens with zero attached hydrogens (tertiary/aromatic N) is 1. The standard InChI is InChI=1S/C19H18F3NO3S/c1-25-15-9-13(10-16(11-15)26-2)18-23(7-8-27-18)17(24)12-3-5-14(6-4-12)19(20,21)22/h3-6,9-11,18H,7-8H2,1-2H3/t18-/m0/s1. The number of alkyl halides is 3. The number of rotatable bonds is 4. The van der Waals surface area contributed by atoms with Gasteiger partial charge in [0, 0.05) is 23.9 Å². The molecule has 0 aliphatic carbocycles. The van der Waals surface area contributed by atoms with Gasteiger partial charge in [0.2, 0.25) is 0 Å². The molecule has 144 valence electrons. The number of carbonyl (C=O) groups is 1.